The topological polar surface area (TPSA) is 38.3 Å². The van der Waals surface area contributed by atoms with Crippen LogP contribution in [0.25, 0.3) is 0 Å². The van der Waals surface area contributed by atoms with Gasteiger partial charge in [-0.15, -0.1) is 24.5 Å². The zero-order valence-corrected chi connectivity index (χ0v) is 11.8. The Kier molecular flexibility index (Phi) is 4.52. The summed E-state index contributed by atoms with van der Waals surface area (Å²) in [6.07, 6.45) is -4.74. The number of carbonyl (C=O) groups is 1. The van der Waals surface area contributed by atoms with Gasteiger partial charge < -0.3 is 10.1 Å². The first-order valence-corrected chi connectivity index (χ1v) is 6.93. The standard InChI is InChI=1S/C14H12F3NO2S/c1-9(12-3-2-8-21-12)18-13(19)10-4-6-11(7-5-10)20-14(15,16)17/h2-9H,1H3,(H,18,19)/t9-/m1/s1. The fourth-order valence-corrected chi connectivity index (χ4v) is 2.43. The normalized spacial score (nSPS) is 12.8. The molecule has 0 fully saturated rings. The molecular formula is C14H12F3NO2S. The molecule has 0 aliphatic carbocycles. The number of hydrogen-bond acceptors (Lipinski definition) is 3. The Bertz CT molecular complexity index is 594. The minimum atomic E-state index is -4.74. The number of nitrogens with one attached hydrogen (secondary N) is 1. The van der Waals surface area contributed by atoms with Gasteiger partial charge in [0.2, 0.25) is 0 Å². The number of alkyl halides is 3. The molecule has 0 saturated heterocycles. The zero-order chi connectivity index (χ0) is 15.5. The van der Waals surface area contributed by atoms with Gasteiger partial charge in [-0.25, -0.2) is 0 Å². The number of benzene rings is 1. The summed E-state index contributed by atoms with van der Waals surface area (Å²) in [7, 11) is 0. The number of halogens is 3. The first-order valence-electron chi connectivity index (χ1n) is 6.05. The lowest BCUT2D eigenvalue weighted by atomic mass is 10.2. The molecule has 2 aromatic rings. The summed E-state index contributed by atoms with van der Waals surface area (Å²) < 4.78 is 39.8. The van der Waals surface area contributed by atoms with Crippen LogP contribution in [0.15, 0.2) is 41.8 Å². The Morgan fingerprint density at radius 2 is 1.90 bits per heavy atom. The van der Waals surface area contributed by atoms with E-state index in [1.54, 1.807) is 0 Å². The van der Waals surface area contributed by atoms with E-state index in [9.17, 15) is 18.0 Å². The minimum absolute atomic E-state index is 0.163. The van der Waals surface area contributed by atoms with Gasteiger partial charge in [-0.05, 0) is 42.6 Å². The highest BCUT2D eigenvalue weighted by Gasteiger charge is 2.31. The van der Waals surface area contributed by atoms with E-state index >= 15 is 0 Å². The van der Waals surface area contributed by atoms with Crippen LogP contribution in [0.1, 0.15) is 28.2 Å². The van der Waals surface area contributed by atoms with E-state index in [2.05, 4.69) is 10.1 Å². The monoisotopic (exact) mass is 315 g/mol. The second-order valence-corrected chi connectivity index (χ2v) is 5.26. The SMILES string of the molecule is C[C@@H](NC(=O)c1ccc(OC(F)(F)F)cc1)c1cccs1. The Balaban J connectivity index is 2.00. The van der Waals surface area contributed by atoms with Gasteiger partial charge >= 0.3 is 6.36 Å². The second-order valence-electron chi connectivity index (χ2n) is 4.28. The van der Waals surface area contributed by atoms with Crippen LogP contribution in [0, 0.1) is 0 Å². The van der Waals surface area contributed by atoms with E-state index in [0.29, 0.717) is 0 Å². The number of rotatable bonds is 4. The van der Waals surface area contributed by atoms with Crippen molar-refractivity contribution in [3.8, 4) is 5.75 Å². The average molecular weight is 315 g/mol. The van der Waals surface area contributed by atoms with Crippen LogP contribution in [0.4, 0.5) is 13.2 Å². The second kappa shape index (κ2) is 6.17. The average Bonchev–Trinajstić information content (AvgIpc) is 2.91. The summed E-state index contributed by atoms with van der Waals surface area (Å²) >= 11 is 1.52. The third-order valence-electron chi connectivity index (χ3n) is 2.67. The molecule has 0 aliphatic heterocycles. The van der Waals surface area contributed by atoms with Crippen LogP contribution in [0.5, 0.6) is 5.75 Å². The van der Waals surface area contributed by atoms with E-state index in [-0.39, 0.29) is 23.3 Å². The molecule has 0 bridgehead atoms. The molecular weight excluding hydrogens is 303 g/mol. The van der Waals surface area contributed by atoms with Gasteiger partial charge in [0, 0.05) is 10.4 Å². The van der Waals surface area contributed by atoms with Crippen molar-refractivity contribution in [1.29, 1.82) is 0 Å². The maximum absolute atomic E-state index is 12.0. The van der Waals surface area contributed by atoms with Crippen molar-refractivity contribution in [1.82, 2.24) is 5.32 Å². The highest BCUT2D eigenvalue weighted by atomic mass is 32.1. The molecule has 0 aliphatic rings. The van der Waals surface area contributed by atoms with Gasteiger partial charge in [0.15, 0.2) is 0 Å². The van der Waals surface area contributed by atoms with E-state index in [0.717, 1.165) is 17.0 Å². The third kappa shape index (κ3) is 4.49. The zero-order valence-electron chi connectivity index (χ0n) is 11.0. The Morgan fingerprint density at radius 3 is 2.43 bits per heavy atom. The van der Waals surface area contributed by atoms with E-state index in [1.807, 2.05) is 24.4 Å². The van der Waals surface area contributed by atoms with Crippen molar-refractivity contribution in [2.45, 2.75) is 19.3 Å². The van der Waals surface area contributed by atoms with Gasteiger partial charge in [-0.1, -0.05) is 6.07 Å². The fraction of sp³-hybridized carbons (Fsp3) is 0.214. The molecule has 0 radical (unpaired) electrons. The van der Waals surface area contributed by atoms with E-state index in [1.165, 1.54) is 23.5 Å². The van der Waals surface area contributed by atoms with Crippen LogP contribution in [0.3, 0.4) is 0 Å². The molecule has 1 aromatic heterocycles. The molecule has 112 valence electrons. The summed E-state index contributed by atoms with van der Waals surface area (Å²) in [5, 5.41) is 4.68. The van der Waals surface area contributed by atoms with Gasteiger partial charge in [0.25, 0.3) is 5.91 Å². The molecule has 7 heteroatoms. The number of ether oxygens (including phenoxy) is 1. The van der Waals surface area contributed by atoms with Crippen LogP contribution >= 0.6 is 11.3 Å². The molecule has 1 N–H and O–H groups in total. The highest BCUT2D eigenvalue weighted by molar-refractivity contribution is 7.10. The van der Waals surface area contributed by atoms with Gasteiger partial charge in [0.1, 0.15) is 5.75 Å². The smallest absolute Gasteiger partial charge is 0.406 e. The molecule has 1 atom stereocenters. The molecule has 2 rings (SSSR count). The molecule has 1 heterocycles. The van der Waals surface area contributed by atoms with E-state index < -0.39 is 6.36 Å². The van der Waals surface area contributed by atoms with Gasteiger partial charge in [-0.2, -0.15) is 0 Å². The van der Waals surface area contributed by atoms with Crippen molar-refractivity contribution < 1.29 is 22.7 Å². The third-order valence-corrected chi connectivity index (χ3v) is 3.72. The first kappa shape index (κ1) is 15.4. The maximum Gasteiger partial charge on any atom is 0.573 e. The quantitative estimate of drug-likeness (QED) is 0.921. The number of amides is 1. The lowest BCUT2D eigenvalue weighted by Gasteiger charge is -2.13. The summed E-state index contributed by atoms with van der Waals surface area (Å²) in [5.74, 6) is -0.709. The van der Waals surface area contributed by atoms with Gasteiger partial charge in [-0.3, -0.25) is 4.79 Å². The van der Waals surface area contributed by atoms with Crippen molar-refractivity contribution in [2.24, 2.45) is 0 Å². The van der Waals surface area contributed by atoms with Crippen LogP contribution < -0.4 is 10.1 Å². The van der Waals surface area contributed by atoms with Crippen molar-refractivity contribution >= 4 is 17.2 Å². The summed E-state index contributed by atoms with van der Waals surface area (Å²) in [4.78, 5) is 13.0. The van der Waals surface area contributed by atoms with Crippen LogP contribution in [-0.4, -0.2) is 12.3 Å². The first-order chi connectivity index (χ1) is 9.85. The Labute approximate surface area is 123 Å². The number of hydrogen-bond donors (Lipinski definition) is 1. The minimum Gasteiger partial charge on any atom is -0.406 e. The predicted molar refractivity (Wildman–Crippen MR) is 73.3 cm³/mol. The summed E-state index contributed by atoms with van der Waals surface area (Å²) in [6.45, 7) is 1.84. The number of thiophene rings is 1. The van der Waals surface area contributed by atoms with Crippen molar-refractivity contribution in [3.63, 3.8) is 0 Å². The molecule has 21 heavy (non-hydrogen) atoms. The van der Waals surface area contributed by atoms with Crippen LogP contribution in [-0.2, 0) is 0 Å². The molecule has 0 spiro atoms. The summed E-state index contributed by atoms with van der Waals surface area (Å²) in [6, 6.07) is 8.41. The molecule has 1 aromatic carbocycles. The molecule has 1 amide bonds. The van der Waals surface area contributed by atoms with E-state index in [4.69, 9.17) is 0 Å². The van der Waals surface area contributed by atoms with Crippen molar-refractivity contribution in [2.75, 3.05) is 0 Å². The highest BCUT2D eigenvalue weighted by Crippen LogP contribution is 2.23. The molecule has 0 saturated carbocycles. The lowest BCUT2D eigenvalue weighted by Crippen LogP contribution is -2.26. The molecule has 3 nitrogen and oxygen atoms in total. The number of carbonyl (C=O) groups excluding carboxylic acids is 1. The lowest BCUT2D eigenvalue weighted by molar-refractivity contribution is -0.274. The fourth-order valence-electron chi connectivity index (χ4n) is 1.70. The predicted octanol–water partition coefficient (Wildman–Crippen LogP) is 4.14. The maximum atomic E-state index is 12.0. The summed E-state index contributed by atoms with van der Waals surface area (Å²) in [5.41, 5.74) is 0.271. The van der Waals surface area contributed by atoms with Crippen molar-refractivity contribution in [3.05, 3.63) is 52.2 Å². The largest absolute Gasteiger partial charge is 0.573 e. The van der Waals surface area contributed by atoms with Crippen LogP contribution in [0.2, 0.25) is 0 Å². The van der Waals surface area contributed by atoms with Gasteiger partial charge in [0.05, 0.1) is 6.04 Å². The Morgan fingerprint density at radius 1 is 1.24 bits per heavy atom. The Hall–Kier alpha value is -2.02. The molecule has 0 unspecified atom stereocenters.